The Bertz CT molecular complexity index is 833. The highest BCUT2D eigenvalue weighted by Gasteiger charge is 2.22. The van der Waals surface area contributed by atoms with Gasteiger partial charge in [0.2, 0.25) is 0 Å². The number of hydrogen-bond acceptors (Lipinski definition) is 6. The summed E-state index contributed by atoms with van der Waals surface area (Å²) in [6.45, 7) is 2.65. The Labute approximate surface area is 139 Å². The zero-order valence-electron chi connectivity index (χ0n) is 14.1. The molecule has 0 bridgehead atoms. The van der Waals surface area contributed by atoms with Crippen molar-refractivity contribution in [3.05, 3.63) is 50.6 Å². The molecule has 24 heavy (non-hydrogen) atoms. The van der Waals surface area contributed by atoms with Crippen molar-refractivity contribution in [1.82, 2.24) is 14.0 Å². The van der Waals surface area contributed by atoms with E-state index in [2.05, 4.69) is 0 Å². The summed E-state index contributed by atoms with van der Waals surface area (Å²) in [5, 5.41) is 0. The van der Waals surface area contributed by atoms with Crippen molar-refractivity contribution < 1.29 is 9.21 Å². The number of hydrogen-bond donors (Lipinski definition) is 1. The fraction of sp³-hybridized carbons (Fsp3) is 0.438. The summed E-state index contributed by atoms with van der Waals surface area (Å²) in [6.07, 6.45) is 2.22. The molecule has 0 spiro atoms. The number of nitrogen functional groups attached to an aromatic ring is 1. The van der Waals surface area contributed by atoms with Crippen molar-refractivity contribution in [1.29, 1.82) is 0 Å². The van der Waals surface area contributed by atoms with Crippen LogP contribution in [0.25, 0.3) is 0 Å². The van der Waals surface area contributed by atoms with Gasteiger partial charge in [-0.05, 0) is 25.6 Å². The Morgan fingerprint density at radius 1 is 1.38 bits per heavy atom. The largest absolute Gasteiger partial charge is 0.468 e. The van der Waals surface area contributed by atoms with Crippen LogP contribution >= 0.6 is 0 Å². The molecule has 2 rings (SSSR count). The molecule has 130 valence electrons. The topological polar surface area (TPSA) is 103 Å². The summed E-state index contributed by atoms with van der Waals surface area (Å²) in [4.78, 5) is 38.7. The van der Waals surface area contributed by atoms with Crippen molar-refractivity contribution in [3.63, 3.8) is 0 Å². The molecule has 0 fully saturated rings. The molecule has 0 saturated carbocycles. The summed E-state index contributed by atoms with van der Waals surface area (Å²) in [6, 6.07) is 3.56. The minimum absolute atomic E-state index is 0.00946. The molecule has 0 aromatic carbocycles. The van der Waals surface area contributed by atoms with Gasteiger partial charge in [-0.25, -0.2) is 4.79 Å². The van der Waals surface area contributed by atoms with E-state index in [1.54, 1.807) is 30.3 Å². The fourth-order valence-corrected chi connectivity index (χ4v) is 2.53. The SMILES string of the molecule is CCCn1c(N)c(C(=O)CN(C)Cc2ccco2)c(=O)n(C)c1=O. The molecule has 0 aliphatic heterocycles. The third-order valence-corrected chi connectivity index (χ3v) is 3.73. The van der Waals surface area contributed by atoms with Crippen LogP contribution in [-0.4, -0.2) is 33.4 Å². The molecule has 0 unspecified atom stereocenters. The second kappa shape index (κ2) is 7.31. The van der Waals surface area contributed by atoms with Gasteiger partial charge in [-0.2, -0.15) is 0 Å². The molecule has 8 heteroatoms. The molecule has 2 aromatic heterocycles. The van der Waals surface area contributed by atoms with E-state index in [0.29, 0.717) is 25.3 Å². The van der Waals surface area contributed by atoms with Crippen LogP contribution in [-0.2, 0) is 20.1 Å². The average Bonchev–Trinajstić information content (AvgIpc) is 3.02. The Balaban J connectivity index is 2.32. The summed E-state index contributed by atoms with van der Waals surface area (Å²) >= 11 is 0. The van der Waals surface area contributed by atoms with Gasteiger partial charge in [0.1, 0.15) is 17.1 Å². The molecule has 0 amide bonds. The molecular weight excluding hydrogens is 312 g/mol. The second-order valence-electron chi connectivity index (χ2n) is 5.73. The maximum atomic E-state index is 12.6. The van der Waals surface area contributed by atoms with Crippen LogP contribution in [0.4, 0.5) is 5.82 Å². The van der Waals surface area contributed by atoms with Crippen LogP contribution in [0.15, 0.2) is 32.4 Å². The van der Waals surface area contributed by atoms with E-state index in [0.717, 1.165) is 4.57 Å². The molecule has 0 radical (unpaired) electrons. The maximum absolute atomic E-state index is 12.6. The first-order valence-electron chi connectivity index (χ1n) is 7.70. The van der Waals surface area contributed by atoms with Gasteiger partial charge in [0.25, 0.3) is 5.56 Å². The highest BCUT2D eigenvalue weighted by Crippen LogP contribution is 2.09. The Morgan fingerprint density at radius 3 is 2.67 bits per heavy atom. The normalized spacial score (nSPS) is 11.2. The van der Waals surface area contributed by atoms with E-state index in [4.69, 9.17) is 10.2 Å². The van der Waals surface area contributed by atoms with E-state index in [9.17, 15) is 14.4 Å². The third kappa shape index (κ3) is 3.48. The number of aromatic nitrogens is 2. The Kier molecular flexibility index (Phi) is 5.40. The molecule has 8 nitrogen and oxygen atoms in total. The molecule has 0 aliphatic rings. The van der Waals surface area contributed by atoms with Gasteiger partial charge in [0.05, 0.1) is 19.4 Å². The monoisotopic (exact) mass is 334 g/mol. The van der Waals surface area contributed by atoms with Crippen molar-refractivity contribution in [2.24, 2.45) is 7.05 Å². The number of carbonyl (C=O) groups is 1. The van der Waals surface area contributed by atoms with Gasteiger partial charge in [-0.3, -0.25) is 23.6 Å². The lowest BCUT2D eigenvalue weighted by atomic mass is 10.1. The summed E-state index contributed by atoms with van der Waals surface area (Å²) < 4.78 is 7.42. The van der Waals surface area contributed by atoms with Crippen molar-refractivity contribution in [2.75, 3.05) is 19.3 Å². The van der Waals surface area contributed by atoms with Crippen LogP contribution < -0.4 is 17.0 Å². The number of likely N-dealkylation sites (N-methyl/N-ethyl adjacent to an activating group) is 1. The lowest BCUT2D eigenvalue weighted by Crippen LogP contribution is -2.43. The summed E-state index contributed by atoms with van der Waals surface area (Å²) in [5.74, 6) is 0.218. The number of rotatable bonds is 7. The minimum atomic E-state index is -0.666. The van der Waals surface area contributed by atoms with Gasteiger partial charge in [0, 0.05) is 13.6 Å². The highest BCUT2D eigenvalue weighted by molar-refractivity contribution is 6.01. The van der Waals surface area contributed by atoms with E-state index >= 15 is 0 Å². The zero-order chi connectivity index (χ0) is 17.9. The molecule has 0 saturated heterocycles. The molecular formula is C16H22N4O4. The molecule has 0 aliphatic carbocycles. The van der Waals surface area contributed by atoms with Gasteiger partial charge in [0.15, 0.2) is 5.78 Å². The second-order valence-corrected chi connectivity index (χ2v) is 5.73. The number of carbonyl (C=O) groups excluding carboxylic acids is 1. The number of Topliss-reactive ketones (excluding diaryl/α,β-unsaturated/α-hetero) is 1. The first-order valence-corrected chi connectivity index (χ1v) is 7.70. The van der Waals surface area contributed by atoms with Gasteiger partial charge in [-0.1, -0.05) is 6.92 Å². The van der Waals surface area contributed by atoms with E-state index in [1.165, 1.54) is 11.6 Å². The lowest BCUT2D eigenvalue weighted by Gasteiger charge is -2.17. The first kappa shape index (κ1) is 17.7. The van der Waals surface area contributed by atoms with Crippen LogP contribution in [0.1, 0.15) is 29.5 Å². The predicted molar refractivity (Wildman–Crippen MR) is 90.0 cm³/mol. The molecule has 2 N–H and O–H groups in total. The number of nitrogens with two attached hydrogens (primary N) is 1. The Hall–Kier alpha value is -2.61. The number of anilines is 1. The quantitative estimate of drug-likeness (QED) is 0.737. The first-order chi connectivity index (χ1) is 11.4. The van der Waals surface area contributed by atoms with Crippen molar-refractivity contribution in [3.8, 4) is 0 Å². The number of ketones is 1. The Morgan fingerprint density at radius 2 is 2.08 bits per heavy atom. The van der Waals surface area contributed by atoms with Crippen LogP contribution in [0.5, 0.6) is 0 Å². The maximum Gasteiger partial charge on any atom is 0.332 e. The van der Waals surface area contributed by atoms with Gasteiger partial charge in [-0.15, -0.1) is 0 Å². The average molecular weight is 334 g/mol. The van der Waals surface area contributed by atoms with Crippen LogP contribution in [0.2, 0.25) is 0 Å². The van der Waals surface area contributed by atoms with Crippen molar-refractivity contribution >= 4 is 11.6 Å². The highest BCUT2D eigenvalue weighted by atomic mass is 16.3. The third-order valence-electron chi connectivity index (χ3n) is 3.73. The van der Waals surface area contributed by atoms with Crippen molar-refractivity contribution in [2.45, 2.75) is 26.4 Å². The number of nitrogens with zero attached hydrogens (tertiary/aromatic N) is 3. The summed E-state index contributed by atoms with van der Waals surface area (Å²) in [7, 11) is 3.09. The van der Waals surface area contributed by atoms with E-state index < -0.39 is 17.0 Å². The predicted octanol–water partition coefficient (Wildman–Crippen LogP) is 0.447. The van der Waals surface area contributed by atoms with Crippen LogP contribution in [0, 0.1) is 0 Å². The zero-order valence-corrected chi connectivity index (χ0v) is 14.1. The summed E-state index contributed by atoms with van der Waals surface area (Å²) in [5.41, 5.74) is 4.62. The fourth-order valence-electron chi connectivity index (χ4n) is 2.53. The molecule has 0 atom stereocenters. The lowest BCUT2D eigenvalue weighted by molar-refractivity contribution is 0.0937. The minimum Gasteiger partial charge on any atom is -0.468 e. The molecule has 2 heterocycles. The van der Waals surface area contributed by atoms with Gasteiger partial charge < -0.3 is 10.2 Å². The number of furan rings is 1. The smallest absolute Gasteiger partial charge is 0.332 e. The van der Waals surface area contributed by atoms with E-state index in [-0.39, 0.29) is 17.9 Å². The standard InChI is InChI=1S/C16H22N4O4/c1-4-7-20-14(17)13(15(22)19(3)16(20)23)12(21)10-18(2)9-11-6-5-8-24-11/h5-6,8H,4,7,9-10,17H2,1-3H3. The van der Waals surface area contributed by atoms with Gasteiger partial charge >= 0.3 is 5.69 Å². The molecule has 2 aromatic rings. The van der Waals surface area contributed by atoms with E-state index in [1.807, 2.05) is 6.92 Å². The van der Waals surface area contributed by atoms with Crippen LogP contribution in [0.3, 0.4) is 0 Å².